The average Bonchev–Trinajstić information content (AvgIpc) is 2.42. The number of hydrogen-bond acceptors (Lipinski definition) is 4. The van der Waals surface area contributed by atoms with Gasteiger partial charge in [0.2, 0.25) is 10.0 Å². The summed E-state index contributed by atoms with van der Waals surface area (Å²) in [6.07, 6.45) is 1.91. The van der Waals surface area contributed by atoms with E-state index < -0.39 is 10.0 Å². The first-order valence-electron chi connectivity index (χ1n) is 7.45. The molecule has 6 heteroatoms. The van der Waals surface area contributed by atoms with Crippen molar-refractivity contribution in [2.45, 2.75) is 44.6 Å². The van der Waals surface area contributed by atoms with Crippen LogP contribution in [-0.4, -0.2) is 39.0 Å². The Bertz CT molecular complexity index is 614. The maximum absolute atomic E-state index is 12.6. The number of likely N-dealkylation sites (tertiary alicyclic amines) is 1. The lowest BCUT2D eigenvalue weighted by Gasteiger charge is -2.32. The third kappa shape index (κ3) is 3.75. The molecule has 1 fully saturated rings. The van der Waals surface area contributed by atoms with E-state index in [2.05, 4.69) is 16.5 Å². The molecule has 0 radical (unpaired) electrons. The number of nitrogen functional groups attached to an aromatic ring is 1. The lowest BCUT2D eigenvalue weighted by atomic mass is 10.1. The summed E-state index contributed by atoms with van der Waals surface area (Å²) in [6, 6.07) is 3.32. The van der Waals surface area contributed by atoms with Crippen LogP contribution in [0.4, 0.5) is 5.69 Å². The fourth-order valence-corrected chi connectivity index (χ4v) is 4.47. The van der Waals surface area contributed by atoms with Crippen LogP contribution < -0.4 is 10.5 Å². The van der Waals surface area contributed by atoms with Crippen molar-refractivity contribution in [1.29, 1.82) is 0 Å². The Kier molecular flexibility index (Phi) is 4.91. The van der Waals surface area contributed by atoms with Crippen LogP contribution >= 0.6 is 0 Å². The van der Waals surface area contributed by atoms with E-state index in [1.807, 2.05) is 13.8 Å². The largest absolute Gasteiger partial charge is 0.399 e. The molecule has 0 aromatic heterocycles. The fraction of sp³-hybridized carbons (Fsp3) is 0.600. The number of anilines is 1. The average molecular weight is 311 g/mol. The van der Waals surface area contributed by atoms with Gasteiger partial charge in [0.1, 0.15) is 0 Å². The topological polar surface area (TPSA) is 75.4 Å². The smallest absolute Gasteiger partial charge is 0.241 e. The number of nitrogens with two attached hydrogens (primary N) is 1. The fourth-order valence-electron chi connectivity index (χ4n) is 2.85. The van der Waals surface area contributed by atoms with Gasteiger partial charge >= 0.3 is 0 Å². The van der Waals surface area contributed by atoms with Gasteiger partial charge in [-0.2, -0.15) is 0 Å². The second-order valence-electron chi connectivity index (χ2n) is 5.81. The van der Waals surface area contributed by atoms with Gasteiger partial charge in [-0.25, -0.2) is 13.1 Å². The van der Waals surface area contributed by atoms with Crippen LogP contribution in [0.5, 0.6) is 0 Å². The monoisotopic (exact) mass is 311 g/mol. The zero-order valence-corrected chi connectivity index (χ0v) is 13.8. The van der Waals surface area contributed by atoms with Gasteiger partial charge in [0.05, 0.1) is 4.90 Å². The van der Waals surface area contributed by atoms with Gasteiger partial charge in [0.25, 0.3) is 0 Å². The van der Waals surface area contributed by atoms with Crippen molar-refractivity contribution >= 4 is 15.7 Å². The number of likely N-dealkylation sites (N-methyl/N-ethyl adjacent to an activating group) is 1. The summed E-state index contributed by atoms with van der Waals surface area (Å²) in [6.45, 7) is 8.57. The number of hydrogen-bond donors (Lipinski definition) is 2. The van der Waals surface area contributed by atoms with Crippen LogP contribution in [-0.2, 0) is 10.0 Å². The molecule has 3 N–H and O–H groups in total. The summed E-state index contributed by atoms with van der Waals surface area (Å²) in [7, 11) is -3.52. The van der Waals surface area contributed by atoms with Crippen LogP contribution in [0.1, 0.15) is 30.9 Å². The third-order valence-corrected chi connectivity index (χ3v) is 5.85. The minimum atomic E-state index is -3.52. The Morgan fingerprint density at radius 3 is 2.76 bits per heavy atom. The number of piperidine rings is 1. The second kappa shape index (κ2) is 6.34. The predicted molar refractivity (Wildman–Crippen MR) is 85.8 cm³/mol. The molecule has 118 valence electrons. The van der Waals surface area contributed by atoms with Gasteiger partial charge in [0, 0.05) is 18.3 Å². The predicted octanol–water partition coefficient (Wildman–Crippen LogP) is 1.65. The van der Waals surface area contributed by atoms with E-state index in [4.69, 9.17) is 5.73 Å². The Labute approximate surface area is 127 Å². The van der Waals surface area contributed by atoms with Crippen molar-refractivity contribution in [1.82, 2.24) is 9.62 Å². The summed E-state index contributed by atoms with van der Waals surface area (Å²) >= 11 is 0. The molecule has 1 aromatic rings. The molecule has 2 rings (SSSR count). The van der Waals surface area contributed by atoms with Gasteiger partial charge in [0.15, 0.2) is 0 Å². The highest BCUT2D eigenvalue weighted by molar-refractivity contribution is 7.89. The van der Waals surface area contributed by atoms with Crippen molar-refractivity contribution in [2.24, 2.45) is 0 Å². The van der Waals surface area contributed by atoms with Crippen molar-refractivity contribution < 1.29 is 8.42 Å². The molecule has 0 bridgehead atoms. The van der Waals surface area contributed by atoms with Crippen LogP contribution in [0.15, 0.2) is 17.0 Å². The van der Waals surface area contributed by atoms with Gasteiger partial charge in [-0.1, -0.05) is 6.92 Å². The SMILES string of the molecule is CCN1CCCC(NS(=O)(=O)c2cc(N)cc(C)c2C)C1. The van der Waals surface area contributed by atoms with Crippen molar-refractivity contribution in [3.05, 3.63) is 23.3 Å². The molecule has 1 saturated heterocycles. The highest BCUT2D eigenvalue weighted by Crippen LogP contribution is 2.23. The Morgan fingerprint density at radius 2 is 2.10 bits per heavy atom. The molecule has 0 saturated carbocycles. The second-order valence-corrected chi connectivity index (χ2v) is 7.50. The maximum atomic E-state index is 12.6. The minimum absolute atomic E-state index is 0.0233. The number of nitrogens with one attached hydrogen (secondary N) is 1. The molecule has 5 nitrogen and oxygen atoms in total. The molecule has 21 heavy (non-hydrogen) atoms. The van der Waals surface area contributed by atoms with Gasteiger partial charge in [-0.15, -0.1) is 0 Å². The molecule has 0 spiro atoms. The molecule has 1 aliphatic heterocycles. The summed E-state index contributed by atoms with van der Waals surface area (Å²) in [5.74, 6) is 0. The first-order chi connectivity index (χ1) is 9.83. The van der Waals surface area contributed by atoms with Crippen molar-refractivity contribution in [2.75, 3.05) is 25.4 Å². The molecule has 1 atom stereocenters. The number of benzene rings is 1. The van der Waals surface area contributed by atoms with Crippen LogP contribution in [0.3, 0.4) is 0 Å². The minimum Gasteiger partial charge on any atom is -0.399 e. The molecule has 1 aliphatic rings. The summed E-state index contributed by atoms with van der Waals surface area (Å²) in [5, 5.41) is 0. The van der Waals surface area contributed by atoms with Crippen molar-refractivity contribution in [3.8, 4) is 0 Å². The molecular weight excluding hydrogens is 286 g/mol. The molecule has 1 aromatic carbocycles. The van der Waals surface area contributed by atoms with E-state index in [1.165, 1.54) is 0 Å². The van der Waals surface area contributed by atoms with Gasteiger partial charge in [-0.05, 0) is 63.0 Å². The first kappa shape index (κ1) is 16.3. The third-order valence-electron chi connectivity index (χ3n) is 4.21. The molecule has 1 heterocycles. The summed E-state index contributed by atoms with van der Waals surface area (Å²) in [5.41, 5.74) is 7.95. The van der Waals surface area contributed by atoms with Crippen LogP contribution in [0.25, 0.3) is 0 Å². The van der Waals surface area contributed by atoms with Crippen molar-refractivity contribution in [3.63, 3.8) is 0 Å². The number of sulfonamides is 1. The Hall–Kier alpha value is -1.11. The van der Waals surface area contributed by atoms with E-state index in [0.29, 0.717) is 10.6 Å². The van der Waals surface area contributed by atoms with E-state index in [1.54, 1.807) is 12.1 Å². The van der Waals surface area contributed by atoms with E-state index in [9.17, 15) is 8.42 Å². The molecule has 0 amide bonds. The summed E-state index contributed by atoms with van der Waals surface area (Å²) in [4.78, 5) is 2.57. The zero-order valence-electron chi connectivity index (χ0n) is 13.0. The standard InChI is InChI=1S/C15H25N3O2S/c1-4-18-7-5-6-14(10-18)17-21(19,20)15-9-13(16)8-11(2)12(15)3/h8-9,14,17H,4-7,10,16H2,1-3H3. The zero-order chi connectivity index (χ0) is 15.6. The first-order valence-corrected chi connectivity index (χ1v) is 8.93. The van der Waals surface area contributed by atoms with E-state index in [0.717, 1.165) is 43.6 Å². The normalized spacial score (nSPS) is 20.6. The van der Waals surface area contributed by atoms with E-state index >= 15 is 0 Å². The number of aryl methyl sites for hydroxylation is 1. The Balaban J connectivity index is 2.23. The highest BCUT2D eigenvalue weighted by atomic mass is 32.2. The molecular formula is C15H25N3O2S. The van der Waals surface area contributed by atoms with Crippen LogP contribution in [0, 0.1) is 13.8 Å². The lowest BCUT2D eigenvalue weighted by molar-refractivity contribution is 0.211. The maximum Gasteiger partial charge on any atom is 0.241 e. The summed E-state index contributed by atoms with van der Waals surface area (Å²) < 4.78 is 28.1. The molecule has 1 unspecified atom stereocenters. The molecule has 0 aliphatic carbocycles. The highest BCUT2D eigenvalue weighted by Gasteiger charge is 2.26. The Morgan fingerprint density at radius 1 is 1.38 bits per heavy atom. The van der Waals surface area contributed by atoms with Crippen LogP contribution in [0.2, 0.25) is 0 Å². The quantitative estimate of drug-likeness (QED) is 0.829. The number of nitrogens with zero attached hydrogens (tertiary/aromatic N) is 1. The number of rotatable bonds is 4. The lowest BCUT2D eigenvalue weighted by Crippen LogP contribution is -2.47. The van der Waals surface area contributed by atoms with Gasteiger partial charge in [-0.3, -0.25) is 0 Å². The van der Waals surface area contributed by atoms with Gasteiger partial charge < -0.3 is 10.6 Å². The van der Waals surface area contributed by atoms with E-state index in [-0.39, 0.29) is 6.04 Å².